The fourth-order valence-electron chi connectivity index (χ4n) is 6.39. The summed E-state index contributed by atoms with van der Waals surface area (Å²) in [5, 5.41) is 15.0. The molecule has 2 aliphatic heterocycles. The largest absolute Gasteiger partial charge is 0.504 e. The van der Waals surface area contributed by atoms with Crippen molar-refractivity contribution in [2.75, 3.05) is 37.7 Å². The number of ether oxygens (including phenoxy) is 1. The number of rotatable bonds is 7. The molecular formula is C32H31ClFN9O5S. The number of anilines is 1. The van der Waals surface area contributed by atoms with Gasteiger partial charge in [0.2, 0.25) is 11.7 Å². The number of primary amides is 1. The minimum atomic E-state index is -1.28. The summed E-state index contributed by atoms with van der Waals surface area (Å²) in [7, 11) is 0. The zero-order valence-electron chi connectivity index (χ0n) is 26.5. The topological polar surface area (TPSA) is 174 Å². The molecule has 4 aromatic heterocycles. The normalized spacial score (nSPS) is 15.4. The van der Waals surface area contributed by atoms with Crippen molar-refractivity contribution < 1.29 is 23.8 Å². The summed E-state index contributed by atoms with van der Waals surface area (Å²) in [5.41, 5.74) is 7.81. The molecule has 1 aromatic carbocycles. The van der Waals surface area contributed by atoms with E-state index in [0.717, 1.165) is 32.3 Å². The predicted octanol–water partition coefficient (Wildman–Crippen LogP) is 2.89. The van der Waals surface area contributed by atoms with Crippen molar-refractivity contribution in [3.05, 3.63) is 84.9 Å². The fraction of sp³-hybridized carbons (Fsp3) is 0.344. The smallest absolute Gasteiger partial charge is 0.299 e. The molecule has 7 rings (SSSR count). The first-order chi connectivity index (χ1) is 23.6. The van der Waals surface area contributed by atoms with Crippen molar-refractivity contribution >= 4 is 46.2 Å². The number of amides is 2. The molecule has 14 nitrogen and oxygen atoms in total. The van der Waals surface area contributed by atoms with Crippen LogP contribution in [-0.2, 0) is 29.0 Å². The lowest BCUT2D eigenvalue weighted by molar-refractivity contribution is -0.120. The van der Waals surface area contributed by atoms with E-state index in [0.29, 0.717) is 18.9 Å². The molecule has 2 amide bonds. The summed E-state index contributed by atoms with van der Waals surface area (Å²) >= 11 is 7.98. The van der Waals surface area contributed by atoms with E-state index in [1.165, 1.54) is 29.8 Å². The number of aromatic hydroxyl groups is 1. The lowest BCUT2D eigenvalue weighted by Crippen LogP contribution is -2.51. The number of nitrogens with zero attached hydrogens (tertiary/aromatic N) is 8. The first-order valence-electron chi connectivity index (χ1n) is 15.6. The summed E-state index contributed by atoms with van der Waals surface area (Å²) in [6.45, 7) is 5.38. The molecule has 0 radical (unpaired) electrons. The highest BCUT2D eigenvalue weighted by Crippen LogP contribution is 2.35. The van der Waals surface area contributed by atoms with Gasteiger partial charge in [-0.3, -0.25) is 19.0 Å². The van der Waals surface area contributed by atoms with Gasteiger partial charge in [-0.1, -0.05) is 24.6 Å². The quantitative estimate of drug-likeness (QED) is 0.256. The third kappa shape index (κ3) is 5.68. The van der Waals surface area contributed by atoms with Crippen molar-refractivity contribution in [1.29, 1.82) is 0 Å². The molecule has 0 bridgehead atoms. The van der Waals surface area contributed by atoms with Gasteiger partial charge >= 0.3 is 0 Å². The number of halogens is 2. The van der Waals surface area contributed by atoms with Crippen molar-refractivity contribution in [2.45, 2.75) is 39.3 Å². The number of benzene rings is 1. The molecule has 17 heteroatoms. The number of hydrogen-bond donors (Lipinski definition) is 2. The molecular weight excluding hydrogens is 677 g/mol. The van der Waals surface area contributed by atoms with Crippen LogP contribution in [0, 0.1) is 12.7 Å². The highest BCUT2D eigenvalue weighted by atomic mass is 35.5. The lowest BCUT2D eigenvalue weighted by Gasteiger charge is -2.37. The SMILES string of the molecule is CCc1c(N2CCN(C(=O)c3ncnc(C)c3O)CC2)c(=O)n2nc(-c3cc4c(s3)COCC4)nc2n1C(C(N)=O)c1ccc(F)cc1Cl. The number of piperazine rings is 1. The van der Waals surface area contributed by atoms with E-state index < -0.39 is 29.2 Å². The van der Waals surface area contributed by atoms with E-state index in [4.69, 9.17) is 27.1 Å². The molecule has 5 aromatic rings. The molecule has 3 N–H and O–H groups in total. The average molecular weight is 708 g/mol. The van der Waals surface area contributed by atoms with Crippen LogP contribution in [0.3, 0.4) is 0 Å². The van der Waals surface area contributed by atoms with Gasteiger partial charge in [-0.25, -0.2) is 14.4 Å². The van der Waals surface area contributed by atoms with Gasteiger partial charge in [0.05, 0.1) is 29.5 Å². The van der Waals surface area contributed by atoms with Crippen LogP contribution in [0.2, 0.25) is 5.02 Å². The number of aromatic nitrogens is 6. The standard InChI is InChI=1S/C32H31ClFN9O5S/c1-3-21-26(40-7-9-41(10-8-40)30(46)24-27(44)16(2)36-15-37-24)31(47)43-32(38-29(39-43)22-12-17-6-11-48-14-23(17)49-22)42(21)25(28(35)45)19-5-4-18(34)13-20(19)33/h4-5,12-13,15,25,44H,3,6-11,14H2,1-2H3,(H2,35,45). The maximum absolute atomic E-state index is 14.4. The molecule has 0 spiro atoms. The fourth-order valence-corrected chi connectivity index (χ4v) is 7.74. The van der Waals surface area contributed by atoms with Crippen LogP contribution < -0.4 is 16.2 Å². The Morgan fingerprint density at radius 2 is 1.96 bits per heavy atom. The third-order valence-electron chi connectivity index (χ3n) is 8.84. The van der Waals surface area contributed by atoms with Crippen LogP contribution >= 0.6 is 22.9 Å². The molecule has 0 aliphatic carbocycles. The van der Waals surface area contributed by atoms with Crippen LogP contribution in [0.15, 0.2) is 35.4 Å². The summed E-state index contributed by atoms with van der Waals surface area (Å²) in [6.07, 6.45) is 2.23. The summed E-state index contributed by atoms with van der Waals surface area (Å²) in [6, 6.07) is 4.38. The Bertz CT molecular complexity index is 2170. The zero-order valence-corrected chi connectivity index (χ0v) is 28.1. The Labute approximate surface area is 287 Å². The maximum atomic E-state index is 14.4. The van der Waals surface area contributed by atoms with Gasteiger partial charge in [0.25, 0.3) is 11.5 Å². The number of hydrogen-bond acceptors (Lipinski definition) is 11. The Morgan fingerprint density at radius 3 is 2.65 bits per heavy atom. The second-order valence-electron chi connectivity index (χ2n) is 11.7. The van der Waals surface area contributed by atoms with E-state index in [1.807, 2.05) is 17.9 Å². The second kappa shape index (κ2) is 12.8. The number of carbonyl (C=O) groups excluding carboxylic acids is 2. The first kappa shape index (κ1) is 32.6. The van der Waals surface area contributed by atoms with Crippen LogP contribution in [0.25, 0.3) is 16.5 Å². The van der Waals surface area contributed by atoms with Crippen molar-refractivity contribution in [3.8, 4) is 16.5 Å². The van der Waals surface area contributed by atoms with Gasteiger partial charge in [-0.05, 0) is 43.5 Å². The van der Waals surface area contributed by atoms with Gasteiger partial charge in [0, 0.05) is 41.6 Å². The molecule has 6 heterocycles. The lowest BCUT2D eigenvalue weighted by atomic mass is 10.0. The average Bonchev–Trinajstić information content (AvgIpc) is 3.73. The minimum absolute atomic E-state index is 0.0229. The molecule has 2 aliphatic rings. The van der Waals surface area contributed by atoms with Crippen LogP contribution in [0.4, 0.5) is 10.1 Å². The summed E-state index contributed by atoms with van der Waals surface area (Å²) < 4.78 is 22.5. The van der Waals surface area contributed by atoms with Crippen molar-refractivity contribution in [3.63, 3.8) is 0 Å². The van der Waals surface area contributed by atoms with E-state index in [-0.39, 0.29) is 77.6 Å². The highest BCUT2D eigenvalue weighted by molar-refractivity contribution is 7.15. The maximum Gasteiger partial charge on any atom is 0.299 e. The van der Waals surface area contributed by atoms with Gasteiger partial charge in [0.15, 0.2) is 17.3 Å². The van der Waals surface area contributed by atoms with Gasteiger partial charge in [-0.2, -0.15) is 9.50 Å². The molecule has 1 unspecified atom stereocenters. The van der Waals surface area contributed by atoms with Crippen LogP contribution in [0.1, 0.15) is 50.8 Å². The van der Waals surface area contributed by atoms with Crippen molar-refractivity contribution in [2.24, 2.45) is 5.73 Å². The minimum Gasteiger partial charge on any atom is -0.504 e. The number of aryl methyl sites for hydroxylation is 1. The molecule has 1 atom stereocenters. The zero-order chi connectivity index (χ0) is 34.6. The monoisotopic (exact) mass is 707 g/mol. The molecule has 254 valence electrons. The predicted molar refractivity (Wildman–Crippen MR) is 179 cm³/mol. The number of nitrogens with two attached hydrogens (primary N) is 1. The number of fused-ring (bicyclic) bond motifs is 2. The molecule has 0 saturated carbocycles. The van der Waals surface area contributed by atoms with Crippen LogP contribution in [-0.4, -0.2) is 83.7 Å². The first-order valence-corrected chi connectivity index (χ1v) is 16.8. The van der Waals surface area contributed by atoms with Gasteiger partial charge in [-0.15, -0.1) is 16.4 Å². The molecule has 1 saturated heterocycles. The Morgan fingerprint density at radius 1 is 1.18 bits per heavy atom. The highest BCUT2D eigenvalue weighted by Gasteiger charge is 2.34. The second-order valence-corrected chi connectivity index (χ2v) is 13.3. The van der Waals surface area contributed by atoms with E-state index in [9.17, 15) is 23.9 Å². The van der Waals surface area contributed by atoms with Crippen molar-refractivity contribution in [1.82, 2.24) is 34.0 Å². The van der Waals surface area contributed by atoms with Gasteiger partial charge < -0.3 is 25.4 Å². The summed E-state index contributed by atoms with van der Waals surface area (Å²) in [4.78, 5) is 58.9. The molecule has 1 fully saturated rings. The number of carbonyl (C=O) groups is 2. The third-order valence-corrected chi connectivity index (χ3v) is 10.3. The Hall–Kier alpha value is -4.93. The Kier molecular flexibility index (Phi) is 8.54. The van der Waals surface area contributed by atoms with E-state index in [2.05, 4.69) is 15.1 Å². The molecule has 49 heavy (non-hydrogen) atoms. The van der Waals surface area contributed by atoms with Crippen LogP contribution in [0.5, 0.6) is 5.75 Å². The van der Waals surface area contributed by atoms with E-state index >= 15 is 0 Å². The Balaban J connectivity index is 1.36. The van der Waals surface area contributed by atoms with Gasteiger partial charge in [0.1, 0.15) is 23.9 Å². The van der Waals surface area contributed by atoms with E-state index in [1.54, 1.807) is 16.4 Å². The number of thiophene rings is 1. The summed E-state index contributed by atoms with van der Waals surface area (Å²) in [5.74, 6) is -1.79.